The number of ether oxygens (including phenoxy) is 4. The first kappa shape index (κ1) is 104. The number of aliphatic hydroxyl groups is 1. The number of esters is 4. The molecule has 0 spiro atoms. The van der Waals surface area contributed by atoms with Gasteiger partial charge in [0.2, 0.25) is 0 Å². The van der Waals surface area contributed by atoms with Crippen molar-refractivity contribution >= 4 is 39.5 Å². The zero-order valence-corrected chi connectivity index (χ0v) is 71.2. The van der Waals surface area contributed by atoms with Crippen molar-refractivity contribution in [2.45, 2.75) is 495 Å². The third-order valence-corrected chi connectivity index (χ3v) is 22.5. The summed E-state index contributed by atoms with van der Waals surface area (Å²) in [6.45, 7) is 5.07. The molecule has 19 heteroatoms. The monoisotopic (exact) mass is 1550 g/mol. The highest BCUT2D eigenvalue weighted by Gasteiger charge is 2.30. The summed E-state index contributed by atoms with van der Waals surface area (Å²) < 4.78 is 69.0. The molecule has 0 aliphatic carbocycles. The number of phosphoric ester groups is 2. The number of rotatable bonds is 88. The lowest BCUT2D eigenvalue weighted by molar-refractivity contribution is -0.161. The SMILES string of the molecule is CCCCCCCCCCCCCCCCCCCCCC(=O)O[C@H](COC(=O)CCCCCCCCCCCCCCCCCCCC)COP(=O)(O)OC[C@@H](O)COP(=O)(O)OC[C@@H](COC(=O)CCCCCCCCCCCCC)OC(=O)CCCCCCCCCCCCCCCCCCCC. The van der Waals surface area contributed by atoms with Crippen LogP contribution in [0.2, 0.25) is 0 Å². The molecule has 0 amide bonds. The minimum absolute atomic E-state index is 0.110. The maximum Gasteiger partial charge on any atom is 0.472 e. The van der Waals surface area contributed by atoms with Crippen LogP contribution in [0.15, 0.2) is 0 Å². The van der Waals surface area contributed by atoms with Crippen molar-refractivity contribution < 1.29 is 80.2 Å². The molecular weight excluding hydrogens is 1380 g/mol. The first-order chi connectivity index (χ1) is 51.7. The van der Waals surface area contributed by atoms with Gasteiger partial charge in [0, 0.05) is 25.7 Å². The smallest absolute Gasteiger partial charge is 0.462 e. The zero-order chi connectivity index (χ0) is 77.4. The van der Waals surface area contributed by atoms with E-state index in [2.05, 4.69) is 27.7 Å². The van der Waals surface area contributed by atoms with Gasteiger partial charge in [-0.1, -0.05) is 426 Å². The lowest BCUT2D eigenvalue weighted by Gasteiger charge is -2.21. The molecule has 5 atom stereocenters. The van der Waals surface area contributed by atoms with Crippen molar-refractivity contribution in [3.8, 4) is 0 Å². The molecule has 2 unspecified atom stereocenters. The molecule has 0 aliphatic heterocycles. The van der Waals surface area contributed by atoms with Crippen LogP contribution < -0.4 is 0 Å². The quantitative estimate of drug-likeness (QED) is 0.0222. The van der Waals surface area contributed by atoms with Crippen LogP contribution in [0.5, 0.6) is 0 Å². The highest BCUT2D eigenvalue weighted by molar-refractivity contribution is 7.47. The van der Waals surface area contributed by atoms with Crippen LogP contribution in [0.4, 0.5) is 0 Å². The molecular formula is C87H170O17P2. The Kier molecular flexibility index (Phi) is 79.6. The van der Waals surface area contributed by atoms with E-state index in [9.17, 15) is 43.2 Å². The molecule has 0 fully saturated rings. The zero-order valence-electron chi connectivity index (χ0n) is 69.4. The summed E-state index contributed by atoms with van der Waals surface area (Å²) in [6.07, 6.45) is 76.3. The third kappa shape index (κ3) is 80.1. The van der Waals surface area contributed by atoms with Gasteiger partial charge in [0.1, 0.15) is 19.3 Å². The van der Waals surface area contributed by atoms with Crippen LogP contribution in [-0.2, 0) is 65.4 Å². The molecule has 0 saturated carbocycles. The molecule has 106 heavy (non-hydrogen) atoms. The molecule has 0 aromatic carbocycles. The van der Waals surface area contributed by atoms with E-state index < -0.39 is 97.5 Å². The second-order valence-corrected chi connectivity index (χ2v) is 34.2. The summed E-state index contributed by atoms with van der Waals surface area (Å²) in [5, 5.41) is 10.7. The second kappa shape index (κ2) is 81.1. The van der Waals surface area contributed by atoms with Gasteiger partial charge >= 0.3 is 39.5 Å². The average molecular weight is 1550 g/mol. The highest BCUT2D eigenvalue weighted by atomic mass is 31.2. The molecule has 0 aliphatic rings. The molecule has 0 aromatic heterocycles. The molecule has 630 valence electrons. The van der Waals surface area contributed by atoms with Gasteiger partial charge in [-0.3, -0.25) is 37.3 Å². The molecule has 0 heterocycles. The molecule has 0 aromatic rings. The first-order valence-electron chi connectivity index (χ1n) is 45.3. The maximum atomic E-state index is 13.2. The molecule has 0 saturated heterocycles. The van der Waals surface area contributed by atoms with Crippen molar-refractivity contribution in [3.63, 3.8) is 0 Å². The number of carbonyl (C=O) groups is 4. The Morgan fingerprint density at radius 1 is 0.226 bits per heavy atom. The predicted octanol–water partition coefficient (Wildman–Crippen LogP) is 26.9. The van der Waals surface area contributed by atoms with E-state index in [1.807, 2.05) is 0 Å². The van der Waals surface area contributed by atoms with Crippen molar-refractivity contribution in [1.29, 1.82) is 0 Å². The Labute approximate surface area is 651 Å². The number of unbranched alkanes of at least 4 members (excludes halogenated alkanes) is 62. The van der Waals surface area contributed by atoms with Gasteiger partial charge in [0.05, 0.1) is 26.4 Å². The number of hydrogen-bond donors (Lipinski definition) is 3. The predicted molar refractivity (Wildman–Crippen MR) is 437 cm³/mol. The Hall–Kier alpha value is -1.94. The Bertz CT molecular complexity index is 2000. The molecule has 0 radical (unpaired) electrons. The topological polar surface area (TPSA) is 237 Å². The molecule has 3 N–H and O–H groups in total. The molecule has 0 rings (SSSR count). The van der Waals surface area contributed by atoms with Crippen LogP contribution in [0, 0.1) is 0 Å². The normalized spacial score (nSPS) is 13.7. The van der Waals surface area contributed by atoms with Crippen molar-refractivity contribution in [3.05, 3.63) is 0 Å². The lowest BCUT2D eigenvalue weighted by Crippen LogP contribution is -2.30. The van der Waals surface area contributed by atoms with Gasteiger partial charge in [0.25, 0.3) is 0 Å². The van der Waals surface area contributed by atoms with Crippen LogP contribution in [0.1, 0.15) is 477 Å². The average Bonchev–Trinajstić information content (AvgIpc) is 0.899. The Balaban J connectivity index is 5.24. The first-order valence-corrected chi connectivity index (χ1v) is 48.3. The fourth-order valence-electron chi connectivity index (χ4n) is 13.7. The van der Waals surface area contributed by atoms with Gasteiger partial charge in [-0.2, -0.15) is 0 Å². The van der Waals surface area contributed by atoms with E-state index in [1.165, 1.54) is 308 Å². The minimum Gasteiger partial charge on any atom is -0.462 e. The summed E-state index contributed by atoms with van der Waals surface area (Å²) in [5.41, 5.74) is 0. The van der Waals surface area contributed by atoms with Crippen LogP contribution in [-0.4, -0.2) is 96.7 Å². The van der Waals surface area contributed by atoms with Gasteiger partial charge in [0.15, 0.2) is 12.2 Å². The Morgan fingerprint density at radius 2 is 0.377 bits per heavy atom. The van der Waals surface area contributed by atoms with Gasteiger partial charge in [-0.15, -0.1) is 0 Å². The van der Waals surface area contributed by atoms with E-state index >= 15 is 0 Å². The fourth-order valence-corrected chi connectivity index (χ4v) is 15.3. The Morgan fingerprint density at radius 3 is 0.557 bits per heavy atom. The van der Waals surface area contributed by atoms with Crippen LogP contribution in [0.3, 0.4) is 0 Å². The van der Waals surface area contributed by atoms with E-state index in [-0.39, 0.29) is 25.7 Å². The number of hydrogen-bond acceptors (Lipinski definition) is 15. The van der Waals surface area contributed by atoms with Crippen molar-refractivity contribution in [2.24, 2.45) is 0 Å². The van der Waals surface area contributed by atoms with Gasteiger partial charge < -0.3 is 33.8 Å². The second-order valence-electron chi connectivity index (χ2n) is 31.3. The van der Waals surface area contributed by atoms with Crippen LogP contribution >= 0.6 is 15.6 Å². The van der Waals surface area contributed by atoms with Crippen molar-refractivity contribution in [1.82, 2.24) is 0 Å². The fraction of sp³-hybridized carbons (Fsp3) is 0.954. The molecule has 17 nitrogen and oxygen atoms in total. The summed E-state index contributed by atoms with van der Waals surface area (Å²) in [6, 6.07) is 0. The largest absolute Gasteiger partial charge is 0.472 e. The van der Waals surface area contributed by atoms with E-state index in [0.29, 0.717) is 25.7 Å². The third-order valence-electron chi connectivity index (χ3n) is 20.6. The van der Waals surface area contributed by atoms with Gasteiger partial charge in [-0.25, -0.2) is 9.13 Å². The van der Waals surface area contributed by atoms with E-state index in [0.717, 1.165) is 89.9 Å². The lowest BCUT2D eigenvalue weighted by atomic mass is 10.0. The number of aliphatic hydroxyl groups excluding tert-OH is 1. The van der Waals surface area contributed by atoms with E-state index in [4.69, 9.17) is 37.0 Å². The summed E-state index contributed by atoms with van der Waals surface area (Å²) >= 11 is 0. The number of phosphoric acid groups is 2. The summed E-state index contributed by atoms with van der Waals surface area (Å²) in [5.74, 6) is -2.09. The minimum atomic E-state index is -4.97. The molecule has 0 bridgehead atoms. The maximum absolute atomic E-state index is 13.2. The highest BCUT2D eigenvalue weighted by Crippen LogP contribution is 2.45. The summed E-state index contributed by atoms with van der Waals surface area (Å²) in [4.78, 5) is 73.3. The van der Waals surface area contributed by atoms with E-state index in [1.54, 1.807) is 0 Å². The van der Waals surface area contributed by atoms with Gasteiger partial charge in [-0.05, 0) is 25.7 Å². The van der Waals surface area contributed by atoms with Crippen molar-refractivity contribution in [2.75, 3.05) is 39.6 Å². The number of carbonyl (C=O) groups excluding carboxylic acids is 4. The summed E-state index contributed by atoms with van der Waals surface area (Å²) in [7, 11) is -9.93. The van der Waals surface area contributed by atoms with Crippen LogP contribution in [0.25, 0.3) is 0 Å². The standard InChI is InChI=1S/C87H170O17P2/c1-5-9-13-17-21-25-29-32-35-38-41-44-47-50-54-58-62-66-70-74-87(92)104-83(78-98-85(90)72-68-64-60-56-52-48-45-42-39-36-33-30-26-22-18-14-10-6-2)80-102-106(95,96)100-76-81(88)75-99-105(93,94)101-79-82(77-97-84(89)71-67-63-59-55-51-28-24-20-16-12-8-4)103-86(91)73-69-65-61-57-53-49-46-43-40-37-34-31-27-23-19-15-11-7-3/h81-83,88H,5-80H2,1-4H3,(H,93,94)(H,95,96)/t81-,82+,83+/m0/s1.